The molecule has 1 rings (SSSR count). The van der Waals surface area contributed by atoms with E-state index in [0.29, 0.717) is 11.5 Å². The molecule has 0 saturated carbocycles. The summed E-state index contributed by atoms with van der Waals surface area (Å²) in [4.78, 5) is 23.4. The Bertz CT molecular complexity index is 482. The Labute approximate surface area is 131 Å². The molecule has 0 aliphatic carbocycles. The number of phenolic OH excluding ortho intramolecular Hbond substituents is 1. The van der Waals surface area contributed by atoms with Crippen LogP contribution in [0.1, 0.15) is 50.4 Å². The first-order valence-corrected chi connectivity index (χ1v) is 7.64. The van der Waals surface area contributed by atoms with Gasteiger partial charge in [0.15, 0.2) is 6.61 Å². The van der Waals surface area contributed by atoms with E-state index < -0.39 is 5.97 Å². The molecule has 1 amide bonds. The SMILES string of the molecule is CC(C)CCCC(C)NC(=O)COC(=O)c1ccc(O)cc1. The number of hydrogen-bond donors (Lipinski definition) is 2. The fourth-order valence-electron chi connectivity index (χ4n) is 2.03. The van der Waals surface area contributed by atoms with Crippen molar-refractivity contribution in [2.24, 2.45) is 5.92 Å². The molecular weight excluding hydrogens is 282 g/mol. The van der Waals surface area contributed by atoms with Crippen LogP contribution in [0.2, 0.25) is 0 Å². The second kappa shape index (κ2) is 9.07. The lowest BCUT2D eigenvalue weighted by molar-refractivity contribution is -0.124. The second-order valence-electron chi connectivity index (χ2n) is 5.92. The van der Waals surface area contributed by atoms with Crippen molar-refractivity contribution < 1.29 is 19.4 Å². The average Bonchev–Trinajstić information content (AvgIpc) is 2.45. The Balaban J connectivity index is 2.27. The van der Waals surface area contributed by atoms with Gasteiger partial charge in [-0.2, -0.15) is 0 Å². The first kappa shape index (κ1) is 18.0. The van der Waals surface area contributed by atoms with E-state index in [9.17, 15) is 9.59 Å². The molecule has 1 aromatic rings. The van der Waals surface area contributed by atoms with Crippen molar-refractivity contribution >= 4 is 11.9 Å². The summed E-state index contributed by atoms with van der Waals surface area (Å²) in [5.74, 6) is -0.148. The van der Waals surface area contributed by atoms with E-state index in [1.807, 2.05) is 6.92 Å². The van der Waals surface area contributed by atoms with Crippen LogP contribution in [0.3, 0.4) is 0 Å². The van der Waals surface area contributed by atoms with Crippen molar-refractivity contribution in [2.45, 2.75) is 46.1 Å². The lowest BCUT2D eigenvalue weighted by Gasteiger charge is -2.14. The van der Waals surface area contributed by atoms with E-state index in [1.165, 1.54) is 24.3 Å². The van der Waals surface area contributed by atoms with Crippen molar-refractivity contribution in [3.63, 3.8) is 0 Å². The predicted octanol–water partition coefficient (Wildman–Crippen LogP) is 2.88. The van der Waals surface area contributed by atoms with Crippen LogP contribution in [0, 0.1) is 5.92 Å². The van der Waals surface area contributed by atoms with Crippen LogP contribution in [-0.4, -0.2) is 29.6 Å². The lowest BCUT2D eigenvalue weighted by Crippen LogP contribution is -2.35. The van der Waals surface area contributed by atoms with Crippen LogP contribution < -0.4 is 5.32 Å². The summed E-state index contributed by atoms with van der Waals surface area (Å²) in [6, 6.07) is 5.76. The van der Waals surface area contributed by atoms with E-state index in [-0.39, 0.29) is 24.3 Å². The molecule has 0 aliphatic heterocycles. The standard InChI is InChI=1S/C17H25NO4/c1-12(2)5-4-6-13(3)18-16(20)11-22-17(21)14-7-9-15(19)10-8-14/h7-10,12-13,19H,4-6,11H2,1-3H3,(H,18,20). The summed E-state index contributed by atoms with van der Waals surface area (Å²) in [6.07, 6.45) is 3.11. The van der Waals surface area contributed by atoms with Gasteiger partial charge in [0.05, 0.1) is 5.56 Å². The Hall–Kier alpha value is -2.04. The summed E-state index contributed by atoms with van der Waals surface area (Å²) < 4.78 is 4.94. The molecule has 22 heavy (non-hydrogen) atoms. The van der Waals surface area contributed by atoms with Gasteiger partial charge in [0.2, 0.25) is 0 Å². The molecule has 1 aromatic carbocycles. The molecule has 0 saturated heterocycles. The predicted molar refractivity (Wildman–Crippen MR) is 84.7 cm³/mol. The molecular formula is C17H25NO4. The van der Waals surface area contributed by atoms with Crippen molar-refractivity contribution in [3.8, 4) is 5.75 Å². The summed E-state index contributed by atoms with van der Waals surface area (Å²) in [7, 11) is 0. The maximum absolute atomic E-state index is 11.7. The number of esters is 1. The molecule has 0 aliphatic rings. The van der Waals surface area contributed by atoms with Crippen molar-refractivity contribution in [1.29, 1.82) is 0 Å². The fraction of sp³-hybridized carbons (Fsp3) is 0.529. The number of ether oxygens (including phenoxy) is 1. The molecule has 1 unspecified atom stereocenters. The highest BCUT2D eigenvalue weighted by Gasteiger charge is 2.12. The maximum Gasteiger partial charge on any atom is 0.338 e. The maximum atomic E-state index is 11.7. The summed E-state index contributed by atoms with van der Waals surface area (Å²) >= 11 is 0. The molecule has 122 valence electrons. The highest BCUT2D eigenvalue weighted by Crippen LogP contribution is 2.10. The normalized spacial score (nSPS) is 12.0. The van der Waals surface area contributed by atoms with Crippen molar-refractivity contribution in [2.75, 3.05) is 6.61 Å². The van der Waals surface area contributed by atoms with Gasteiger partial charge in [-0.25, -0.2) is 4.79 Å². The lowest BCUT2D eigenvalue weighted by atomic mass is 10.0. The molecule has 0 radical (unpaired) electrons. The average molecular weight is 307 g/mol. The third-order valence-electron chi connectivity index (χ3n) is 3.26. The number of carbonyl (C=O) groups is 2. The summed E-state index contributed by atoms with van der Waals surface area (Å²) in [5.41, 5.74) is 0.301. The number of benzene rings is 1. The van der Waals surface area contributed by atoms with Crippen LogP contribution in [0.15, 0.2) is 24.3 Å². The van der Waals surface area contributed by atoms with E-state index >= 15 is 0 Å². The molecule has 0 fully saturated rings. The van der Waals surface area contributed by atoms with Crippen molar-refractivity contribution in [1.82, 2.24) is 5.32 Å². The molecule has 0 aromatic heterocycles. The highest BCUT2D eigenvalue weighted by molar-refractivity contribution is 5.91. The molecule has 1 atom stereocenters. The van der Waals surface area contributed by atoms with Gasteiger partial charge in [0.1, 0.15) is 5.75 Å². The third kappa shape index (κ3) is 7.11. The van der Waals surface area contributed by atoms with E-state index in [2.05, 4.69) is 19.2 Å². The number of hydrogen-bond acceptors (Lipinski definition) is 4. The first-order chi connectivity index (χ1) is 10.4. The van der Waals surface area contributed by atoms with Gasteiger partial charge in [0, 0.05) is 6.04 Å². The van der Waals surface area contributed by atoms with Gasteiger partial charge < -0.3 is 15.2 Å². The zero-order valence-corrected chi connectivity index (χ0v) is 13.5. The second-order valence-corrected chi connectivity index (χ2v) is 5.92. The largest absolute Gasteiger partial charge is 0.508 e. The molecule has 0 spiro atoms. The monoisotopic (exact) mass is 307 g/mol. The quantitative estimate of drug-likeness (QED) is 0.724. The first-order valence-electron chi connectivity index (χ1n) is 7.64. The number of phenols is 1. The van der Waals surface area contributed by atoms with Gasteiger partial charge in [-0.1, -0.05) is 26.7 Å². The molecule has 5 heteroatoms. The molecule has 0 bridgehead atoms. The van der Waals surface area contributed by atoms with Gasteiger partial charge in [-0.3, -0.25) is 4.79 Å². The Morgan fingerprint density at radius 3 is 2.36 bits per heavy atom. The Morgan fingerprint density at radius 2 is 1.77 bits per heavy atom. The van der Waals surface area contributed by atoms with Crippen LogP contribution >= 0.6 is 0 Å². The fourth-order valence-corrected chi connectivity index (χ4v) is 2.03. The van der Waals surface area contributed by atoms with Crippen molar-refractivity contribution in [3.05, 3.63) is 29.8 Å². The molecule has 5 nitrogen and oxygen atoms in total. The number of aromatic hydroxyl groups is 1. The zero-order valence-electron chi connectivity index (χ0n) is 13.5. The molecule has 0 heterocycles. The van der Waals surface area contributed by atoms with E-state index in [1.54, 1.807) is 0 Å². The number of rotatable bonds is 8. The topological polar surface area (TPSA) is 75.6 Å². The number of nitrogens with one attached hydrogen (secondary N) is 1. The van der Waals surface area contributed by atoms with Gasteiger partial charge >= 0.3 is 5.97 Å². The number of amides is 1. The van der Waals surface area contributed by atoms with Crippen LogP contribution in [0.25, 0.3) is 0 Å². The van der Waals surface area contributed by atoms with Gasteiger partial charge in [0.25, 0.3) is 5.91 Å². The summed E-state index contributed by atoms with van der Waals surface area (Å²) in [6.45, 7) is 5.99. The Morgan fingerprint density at radius 1 is 1.14 bits per heavy atom. The highest BCUT2D eigenvalue weighted by atomic mass is 16.5. The number of carbonyl (C=O) groups excluding carboxylic acids is 2. The third-order valence-corrected chi connectivity index (χ3v) is 3.26. The molecule has 2 N–H and O–H groups in total. The van der Waals surface area contributed by atoms with Gasteiger partial charge in [-0.05, 0) is 43.5 Å². The van der Waals surface area contributed by atoms with Crippen LogP contribution in [0.4, 0.5) is 0 Å². The van der Waals surface area contributed by atoms with Crippen LogP contribution in [-0.2, 0) is 9.53 Å². The minimum Gasteiger partial charge on any atom is -0.508 e. The minimum atomic E-state index is -0.581. The van der Waals surface area contributed by atoms with Gasteiger partial charge in [-0.15, -0.1) is 0 Å². The van der Waals surface area contributed by atoms with Crippen LogP contribution in [0.5, 0.6) is 5.75 Å². The zero-order chi connectivity index (χ0) is 16.5. The van der Waals surface area contributed by atoms with E-state index in [0.717, 1.165) is 19.3 Å². The van der Waals surface area contributed by atoms with E-state index in [4.69, 9.17) is 9.84 Å². The minimum absolute atomic E-state index is 0.0682. The smallest absolute Gasteiger partial charge is 0.338 e. The Kier molecular flexibility index (Phi) is 7.43. The summed E-state index contributed by atoms with van der Waals surface area (Å²) in [5, 5.41) is 12.0.